The van der Waals surface area contributed by atoms with Gasteiger partial charge < -0.3 is 9.74 Å². The van der Waals surface area contributed by atoms with E-state index in [4.69, 9.17) is 0 Å². The van der Waals surface area contributed by atoms with E-state index in [2.05, 4.69) is 4.84 Å². The Hall–Kier alpha value is -1.51. The van der Waals surface area contributed by atoms with Gasteiger partial charge >= 0.3 is 12.3 Å². The van der Waals surface area contributed by atoms with Gasteiger partial charge in [-0.2, -0.15) is 18.2 Å². The number of amides is 2. The van der Waals surface area contributed by atoms with Gasteiger partial charge in [-0.25, -0.2) is 4.79 Å². The number of carbonyl (C=O) groups excluding carboxylic acids is 2. The van der Waals surface area contributed by atoms with E-state index < -0.39 is 18.8 Å². The molecule has 0 N–H and O–H groups in total. The molecule has 0 bridgehead atoms. The fraction of sp³-hybridized carbons (Fsp3) is 0.778. The monoisotopic (exact) mass is 269 g/mol. The molecule has 6 nitrogen and oxygen atoms in total. The lowest BCUT2D eigenvalue weighted by atomic mass is 10.3. The number of hydrogen-bond donors (Lipinski definition) is 0. The molecule has 1 rings (SSSR count). The topological polar surface area (TPSA) is 53.1 Å². The van der Waals surface area contributed by atoms with Crippen LogP contribution in [0.3, 0.4) is 0 Å². The zero-order valence-electron chi connectivity index (χ0n) is 9.81. The summed E-state index contributed by atoms with van der Waals surface area (Å²) in [6.45, 7) is -0.452. The Bertz CT molecular complexity index is 303. The molecular weight excluding hydrogens is 255 g/mol. The summed E-state index contributed by atoms with van der Waals surface area (Å²) in [5, 5.41) is 0.699. The van der Waals surface area contributed by atoms with Crippen molar-refractivity contribution in [1.29, 1.82) is 0 Å². The number of piperazine rings is 1. The second kappa shape index (κ2) is 5.89. The zero-order valence-corrected chi connectivity index (χ0v) is 9.81. The molecule has 1 fully saturated rings. The average molecular weight is 269 g/mol. The predicted octanol–water partition coefficient (Wildman–Crippen LogP) is 0.306. The van der Waals surface area contributed by atoms with Crippen molar-refractivity contribution in [1.82, 2.24) is 14.9 Å². The zero-order chi connectivity index (χ0) is 13.8. The molecule has 1 aliphatic heterocycles. The molecule has 0 aromatic rings. The van der Waals surface area contributed by atoms with Crippen LogP contribution in [-0.4, -0.2) is 73.3 Å². The van der Waals surface area contributed by atoms with Crippen molar-refractivity contribution in [3.8, 4) is 0 Å². The molecule has 1 saturated heterocycles. The molecule has 18 heavy (non-hydrogen) atoms. The summed E-state index contributed by atoms with van der Waals surface area (Å²) in [5.74, 6) is 0. The molecule has 0 spiro atoms. The van der Waals surface area contributed by atoms with Crippen LogP contribution in [-0.2, 0) is 9.63 Å². The highest BCUT2D eigenvalue weighted by atomic mass is 19.4. The van der Waals surface area contributed by atoms with Crippen LogP contribution in [0.1, 0.15) is 0 Å². The van der Waals surface area contributed by atoms with Gasteiger partial charge in [-0.3, -0.25) is 9.69 Å². The molecule has 9 heteroatoms. The Morgan fingerprint density at radius 3 is 2.33 bits per heavy atom. The Kier molecular flexibility index (Phi) is 4.76. The molecule has 0 radical (unpaired) electrons. The standard InChI is InChI=1S/C9H14F3N3O3/c1-13(7-16)18-8(17)15-4-2-14(3-5-15)6-9(10,11)12/h7H,2-6H2,1H3. The summed E-state index contributed by atoms with van der Waals surface area (Å²) in [5.41, 5.74) is 0. The molecule has 0 atom stereocenters. The number of hydrogen-bond acceptors (Lipinski definition) is 4. The summed E-state index contributed by atoms with van der Waals surface area (Å²) in [6, 6.07) is 0. The lowest BCUT2D eigenvalue weighted by molar-refractivity contribution is -0.153. The van der Waals surface area contributed by atoms with Gasteiger partial charge in [-0.15, -0.1) is 0 Å². The first-order valence-electron chi connectivity index (χ1n) is 5.26. The van der Waals surface area contributed by atoms with Crippen molar-refractivity contribution in [2.24, 2.45) is 0 Å². The number of carbonyl (C=O) groups is 2. The van der Waals surface area contributed by atoms with Crippen LogP contribution in [0.4, 0.5) is 18.0 Å². The van der Waals surface area contributed by atoms with Gasteiger partial charge in [0, 0.05) is 33.2 Å². The van der Waals surface area contributed by atoms with Crippen LogP contribution < -0.4 is 0 Å². The second-order valence-corrected chi connectivity index (χ2v) is 3.89. The van der Waals surface area contributed by atoms with Gasteiger partial charge in [-0.1, -0.05) is 0 Å². The van der Waals surface area contributed by atoms with Crippen LogP contribution in [0.5, 0.6) is 0 Å². The van der Waals surface area contributed by atoms with Crippen LogP contribution >= 0.6 is 0 Å². The Morgan fingerprint density at radius 1 is 1.33 bits per heavy atom. The van der Waals surface area contributed by atoms with Gasteiger partial charge in [-0.05, 0) is 0 Å². The van der Waals surface area contributed by atoms with Crippen molar-refractivity contribution in [3.05, 3.63) is 0 Å². The third-order valence-corrected chi connectivity index (χ3v) is 2.40. The summed E-state index contributed by atoms with van der Waals surface area (Å²) in [7, 11) is 1.25. The van der Waals surface area contributed by atoms with E-state index in [1.165, 1.54) is 16.8 Å². The van der Waals surface area contributed by atoms with Gasteiger partial charge in [0.05, 0.1) is 6.54 Å². The van der Waals surface area contributed by atoms with E-state index in [-0.39, 0.29) is 26.2 Å². The molecule has 2 amide bonds. The summed E-state index contributed by atoms with van der Waals surface area (Å²) in [6.07, 6.45) is -4.66. The Morgan fingerprint density at radius 2 is 1.89 bits per heavy atom. The van der Waals surface area contributed by atoms with Crippen LogP contribution in [0.2, 0.25) is 0 Å². The highest BCUT2D eigenvalue weighted by Crippen LogP contribution is 2.17. The number of rotatable bonds is 3. The predicted molar refractivity (Wildman–Crippen MR) is 54.4 cm³/mol. The van der Waals surface area contributed by atoms with E-state index in [0.717, 1.165) is 0 Å². The van der Waals surface area contributed by atoms with Crippen molar-refractivity contribution in [2.45, 2.75) is 6.18 Å². The average Bonchev–Trinajstić information content (AvgIpc) is 2.27. The van der Waals surface area contributed by atoms with E-state index in [9.17, 15) is 22.8 Å². The maximum absolute atomic E-state index is 12.1. The smallest absolute Gasteiger partial charge is 0.319 e. The van der Waals surface area contributed by atoms with Crippen LogP contribution in [0.25, 0.3) is 0 Å². The molecule has 0 aromatic heterocycles. The van der Waals surface area contributed by atoms with Gasteiger partial charge in [0.1, 0.15) is 0 Å². The first-order chi connectivity index (χ1) is 8.31. The van der Waals surface area contributed by atoms with E-state index in [1.54, 1.807) is 0 Å². The minimum atomic E-state index is -4.24. The number of alkyl halides is 3. The van der Waals surface area contributed by atoms with Crippen molar-refractivity contribution in [3.63, 3.8) is 0 Å². The minimum absolute atomic E-state index is 0.124. The SMILES string of the molecule is CN(C=O)OC(=O)N1CCN(CC(F)(F)F)CC1. The molecule has 1 aliphatic rings. The lowest BCUT2D eigenvalue weighted by Gasteiger charge is -2.34. The molecule has 104 valence electrons. The van der Waals surface area contributed by atoms with Crippen LogP contribution in [0.15, 0.2) is 0 Å². The largest absolute Gasteiger partial charge is 0.434 e. The van der Waals surface area contributed by atoms with Gasteiger partial charge in [0.15, 0.2) is 0 Å². The summed E-state index contributed by atoms with van der Waals surface area (Å²) in [4.78, 5) is 28.7. The van der Waals surface area contributed by atoms with Crippen molar-refractivity contribution >= 4 is 12.5 Å². The molecule has 0 unspecified atom stereocenters. The Labute approximate surface area is 102 Å². The highest BCUT2D eigenvalue weighted by molar-refractivity contribution is 5.68. The molecule has 0 aliphatic carbocycles. The van der Waals surface area contributed by atoms with Gasteiger partial charge in [0.2, 0.25) is 6.41 Å². The number of nitrogens with zero attached hydrogens (tertiary/aromatic N) is 3. The van der Waals surface area contributed by atoms with Crippen LogP contribution in [0, 0.1) is 0 Å². The normalized spacial score (nSPS) is 17.4. The maximum Gasteiger partial charge on any atom is 0.434 e. The van der Waals surface area contributed by atoms with Gasteiger partial charge in [0.25, 0.3) is 0 Å². The summed E-state index contributed by atoms with van der Waals surface area (Å²) < 4.78 is 36.4. The first kappa shape index (κ1) is 14.6. The lowest BCUT2D eigenvalue weighted by Crippen LogP contribution is -2.51. The molecule has 1 heterocycles. The van der Waals surface area contributed by atoms with Crippen molar-refractivity contribution < 1.29 is 27.6 Å². The van der Waals surface area contributed by atoms with E-state index in [1.807, 2.05) is 0 Å². The quantitative estimate of drug-likeness (QED) is 0.546. The minimum Gasteiger partial charge on any atom is -0.319 e. The third kappa shape index (κ3) is 4.78. The van der Waals surface area contributed by atoms with Crippen molar-refractivity contribution in [2.75, 3.05) is 39.8 Å². The van der Waals surface area contributed by atoms with E-state index >= 15 is 0 Å². The first-order valence-corrected chi connectivity index (χ1v) is 5.26. The Balaban J connectivity index is 2.35. The fourth-order valence-electron chi connectivity index (χ4n) is 1.54. The maximum atomic E-state index is 12.1. The summed E-state index contributed by atoms with van der Waals surface area (Å²) >= 11 is 0. The molecule has 0 aromatic carbocycles. The third-order valence-electron chi connectivity index (χ3n) is 2.40. The molecular formula is C9H14F3N3O3. The molecule has 0 saturated carbocycles. The fourth-order valence-corrected chi connectivity index (χ4v) is 1.54. The number of hydroxylamine groups is 2. The second-order valence-electron chi connectivity index (χ2n) is 3.89. The number of halogens is 3. The highest BCUT2D eigenvalue weighted by Gasteiger charge is 2.33. The van der Waals surface area contributed by atoms with E-state index in [0.29, 0.717) is 11.5 Å².